The smallest absolute Gasteiger partial charge is 0.255 e. The summed E-state index contributed by atoms with van der Waals surface area (Å²) in [6.07, 6.45) is 1.07. The molecule has 0 fully saturated rings. The lowest BCUT2D eigenvalue weighted by Gasteiger charge is -2.09. The third-order valence-electron chi connectivity index (χ3n) is 2.66. The predicted molar refractivity (Wildman–Crippen MR) is 59.8 cm³/mol. The summed E-state index contributed by atoms with van der Waals surface area (Å²) in [6.45, 7) is 8.65. The van der Waals surface area contributed by atoms with Crippen LogP contribution in [0.5, 0.6) is 0 Å². The van der Waals surface area contributed by atoms with E-state index >= 15 is 0 Å². The molecule has 0 aromatic carbocycles. The van der Waals surface area contributed by atoms with Crippen LogP contribution in [0.15, 0.2) is 0 Å². The van der Waals surface area contributed by atoms with Gasteiger partial charge in [-0.2, -0.15) is 5.10 Å². The first-order chi connectivity index (χ1) is 7.06. The number of amides is 1. The van der Waals surface area contributed by atoms with Gasteiger partial charge in [-0.05, 0) is 19.8 Å². The van der Waals surface area contributed by atoms with E-state index in [4.69, 9.17) is 0 Å². The number of nitrogens with one attached hydrogen (secondary N) is 2. The van der Waals surface area contributed by atoms with E-state index in [1.165, 1.54) is 0 Å². The molecule has 0 saturated heterocycles. The Morgan fingerprint density at radius 2 is 2.20 bits per heavy atom. The molecule has 0 saturated carbocycles. The molecule has 4 nitrogen and oxygen atoms in total. The highest BCUT2D eigenvalue weighted by Gasteiger charge is 2.14. The lowest BCUT2D eigenvalue weighted by molar-refractivity contribution is 0.0946. The Morgan fingerprint density at radius 1 is 1.53 bits per heavy atom. The third kappa shape index (κ3) is 2.81. The summed E-state index contributed by atoms with van der Waals surface area (Å²) in [4.78, 5) is 11.8. The van der Waals surface area contributed by atoms with Gasteiger partial charge < -0.3 is 5.32 Å². The predicted octanol–water partition coefficient (Wildman–Crippen LogP) is 1.80. The number of carbonyl (C=O) groups excluding carboxylic acids is 1. The first kappa shape index (κ1) is 11.8. The molecule has 2 N–H and O–H groups in total. The summed E-state index contributed by atoms with van der Waals surface area (Å²) >= 11 is 0. The van der Waals surface area contributed by atoms with Gasteiger partial charge in [-0.25, -0.2) is 0 Å². The molecule has 0 aliphatic rings. The molecule has 0 aliphatic heterocycles. The highest BCUT2D eigenvalue weighted by molar-refractivity contribution is 5.96. The van der Waals surface area contributed by atoms with Crippen LogP contribution in [0.3, 0.4) is 0 Å². The molecule has 1 rings (SSSR count). The second kappa shape index (κ2) is 4.96. The minimum atomic E-state index is -0.0287. The Bertz CT molecular complexity index is 324. The summed E-state index contributed by atoms with van der Waals surface area (Å²) in [6, 6.07) is 0. The lowest BCUT2D eigenvalue weighted by Crippen LogP contribution is -2.28. The topological polar surface area (TPSA) is 57.8 Å². The van der Waals surface area contributed by atoms with Gasteiger partial charge in [-0.3, -0.25) is 9.89 Å². The van der Waals surface area contributed by atoms with Crippen LogP contribution >= 0.6 is 0 Å². The summed E-state index contributed by atoms with van der Waals surface area (Å²) in [5, 5.41) is 9.73. The molecule has 0 bridgehead atoms. The van der Waals surface area contributed by atoms with Crippen molar-refractivity contribution < 1.29 is 4.79 Å². The molecule has 0 spiro atoms. The SMILES string of the molecule is CCC(C)CNC(=O)c1c(C)n[nH]c1C. The Labute approximate surface area is 90.5 Å². The van der Waals surface area contributed by atoms with Crippen LogP contribution in [-0.4, -0.2) is 22.6 Å². The molecular formula is C11H19N3O. The van der Waals surface area contributed by atoms with Crippen molar-refractivity contribution in [3.8, 4) is 0 Å². The molecule has 1 aromatic rings. The van der Waals surface area contributed by atoms with Crippen LogP contribution in [0.4, 0.5) is 0 Å². The Balaban J connectivity index is 2.62. The normalized spacial score (nSPS) is 12.5. The van der Waals surface area contributed by atoms with Gasteiger partial charge in [0.1, 0.15) is 0 Å². The Morgan fingerprint density at radius 3 is 2.67 bits per heavy atom. The maximum absolute atomic E-state index is 11.8. The summed E-state index contributed by atoms with van der Waals surface area (Å²) in [7, 11) is 0. The second-order valence-electron chi connectivity index (χ2n) is 4.03. The van der Waals surface area contributed by atoms with Gasteiger partial charge >= 0.3 is 0 Å². The van der Waals surface area contributed by atoms with Crippen molar-refractivity contribution in [2.75, 3.05) is 6.54 Å². The molecule has 0 aliphatic carbocycles. The van der Waals surface area contributed by atoms with Gasteiger partial charge in [0.25, 0.3) is 5.91 Å². The zero-order valence-electron chi connectivity index (χ0n) is 9.85. The second-order valence-corrected chi connectivity index (χ2v) is 4.03. The van der Waals surface area contributed by atoms with Crippen LogP contribution in [0, 0.1) is 19.8 Å². The fourth-order valence-corrected chi connectivity index (χ4v) is 1.39. The maximum Gasteiger partial charge on any atom is 0.255 e. The summed E-state index contributed by atoms with van der Waals surface area (Å²) in [5.41, 5.74) is 2.27. The molecule has 1 unspecified atom stereocenters. The quantitative estimate of drug-likeness (QED) is 0.794. The number of hydrogen-bond donors (Lipinski definition) is 2. The largest absolute Gasteiger partial charge is 0.352 e. The number of aryl methyl sites for hydroxylation is 2. The van der Waals surface area contributed by atoms with Crippen LogP contribution in [0.25, 0.3) is 0 Å². The van der Waals surface area contributed by atoms with Gasteiger partial charge in [0, 0.05) is 12.2 Å². The molecular weight excluding hydrogens is 190 g/mol. The van der Waals surface area contributed by atoms with E-state index in [-0.39, 0.29) is 5.91 Å². The van der Waals surface area contributed by atoms with Gasteiger partial charge in [0.05, 0.1) is 11.3 Å². The van der Waals surface area contributed by atoms with E-state index in [0.29, 0.717) is 11.5 Å². The van der Waals surface area contributed by atoms with E-state index in [1.54, 1.807) is 0 Å². The Kier molecular flexibility index (Phi) is 3.88. The van der Waals surface area contributed by atoms with Crippen LogP contribution in [0.1, 0.15) is 42.0 Å². The monoisotopic (exact) mass is 209 g/mol. The van der Waals surface area contributed by atoms with Gasteiger partial charge in [0.2, 0.25) is 0 Å². The molecule has 4 heteroatoms. The van der Waals surface area contributed by atoms with Crippen molar-refractivity contribution in [3.05, 3.63) is 17.0 Å². The van der Waals surface area contributed by atoms with E-state index in [2.05, 4.69) is 29.4 Å². The van der Waals surface area contributed by atoms with E-state index in [0.717, 1.165) is 24.4 Å². The molecule has 1 atom stereocenters. The molecule has 84 valence electrons. The fourth-order valence-electron chi connectivity index (χ4n) is 1.39. The van der Waals surface area contributed by atoms with Gasteiger partial charge in [-0.1, -0.05) is 20.3 Å². The first-order valence-electron chi connectivity index (χ1n) is 5.36. The fraction of sp³-hybridized carbons (Fsp3) is 0.636. The molecule has 15 heavy (non-hydrogen) atoms. The lowest BCUT2D eigenvalue weighted by atomic mass is 10.1. The van der Waals surface area contributed by atoms with E-state index < -0.39 is 0 Å². The number of H-pyrrole nitrogens is 1. The third-order valence-corrected chi connectivity index (χ3v) is 2.66. The number of nitrogens with zero attached hydrogens (tertiary/aromatic N) is 1. The zero-order chi connectivity index (χ0) is 11.4. The first-order valence-corrected chi connectivity index (χ1v) is 5.36. The number of rotatable bonds is 4. The average molecular weight is 209 g/mol. The maximum atomic E-state index is 11.8. The average Bonchev–Trinajstić information content (AvgIpc) is 2.54. The minimum Gasteiger partial charge on any atom is -0.352 e. The van der Waals surface area contributed by atoms with Crippen molar-refractivity contribution in [2.45, 2.75) is 34.1 Å². The number of aromatic nitrogens is 2. The summed E-state index contributed by atoms with van der Waals surface area (Å²) < 4.78 is 0. The van der Waals surface area contributed by atoms with Crippen LogP contribution < -0.4 is 5.32 Å². The van der Waals surface area contributed by atoms with Crippen molar-refractivity contribution in [1.82, 2.24) is 15.5 Å². The summed E-state index contributed by atoms with van der Waals surface area (Å²) in [5.74, 6) is 0.487. The van der Waals surface area contributed by atoms with Crippen molar-refractivity contribution in [3.63, 3.8) is 0 Å². The van der Waals surface area contributed by atoms with E-state index in [9.17, 15) is 4.79 Å². The van der Waals surface area contributed by atoms with Crippen LogP contribution in [-0.2, 0) is 0 Å². The molecule has 1 heterocycles. The van der Waals surface area contributed by atoms with Crippen molar-refractivity contribution in [1.29, 1.82) is 0 Å². The highest BCUT2D eigenvalue weighted by Crippen LogP contribution is 2.09. The molecule has 1 amide bonds. The number of aromatic amines is 1. The van der Waals surface area contributed by atoms with Crippen LogP contribution in [0.2, 0.25) is 0 Å². The molecule has 1 aromatic heterocycles. The Hall–Kier alpha value is -1.32. The zero-order valence-corrected chi connectivity index (χ0v) is 9.85. The van der Waals surface area contributed by atoms with Crippen molar-refractivity contribution >= 4 is 5.91 Å². The molecule has 0 radical (unpaired) electrons. The standard InChI is InChI=1S/C11H19N3O/c1-5-7(2)6-12-11(15)10-8(3)13-14-9(10)4/h7H,5-6H2,1-4H3,(H,12,15)(H,13,14). The van der Waals surface area contributed by atoms with Gasteiger partial charge in [-0.15, -0.1) is 0 Å². The number of hydrogen-bond acceptors (Lipinski definition) is 2. The van der Waals surface area contributed by atoms with Gasteiger partial charge in [0.15, 0.2) is 0 Å². The highest BCUT2D eigenvalue weighted by atomic mass is 16.1. The number of carbonyl (C=O) groups is 1. The van der Waals surface area contributed by atoms with E-state index in [1.807, 2.05) is 13.8 Å². The minimum absolute atomic E-state index is 0.0287. The van der Waals surface area contributed by atoms with Crippen molar-refractivity contribution in [2.24, 2.45) is 5.92 Å².